The number of allylic oxidation sites excluding steroid dienone is 7. The summed E-state index contributed by atoms with van der Waals surface area (Å²) < 4.78 is 26.2. The van der Waals surface area contributed by atoms with E-state index in [1.165, 1.54) is 70.6 Å². The fourth-order valence-electron chi connectivity index (χ4n) is 5.24. The van der Waals surface area contributed by atoms with Gasteiger partial charge in [-0.1, -0.05) is 165 Å². The second-order valence-electron chi connectivity index (χ2n) is 13.1. The van der Waals surface area contributed by atoms with Crippen LogP contribution in [0.3, 0.4) is 0 Å². The predicted octanol–water partition coefficient (Wildman–Crippen LogP) is 10.5. The first-order valence-electron chi connectivity index (χ1n) is 19.5. The SMILES string of the molecule is CCCCCCCCCCCCCCCCC(=O)OC[C@H](COP(=O)(O)O)OC(=O)CCC/C=C\C/C=C\C/C=C\C=C\[C@@H](O)CCCCC. The van der Waals surface area contributed by atoms with Crippen molar-refractivity contribution in [1.29, 1.82) is 0 Å². The van der Waals surface area contributed by atoms with E-state index in [9.17, 15) is 19.3 Å². The number of rotatable bonds is 35. The fraction of sp³-hybridized carbons (Fsp3) is 0.750. The van der Waals surface area contributed by atoms with Crippen molar-refractivity contribution >= 4 is 19.8 Å². The van der Waals surface area contributed by atoms with Crippen molar-refractivity contribution in [2.75, 3.05) is 13.2 Å². The largest absolute Gasteiger partial charge is 0.469 e. The molecule has 50 heavy (non-hydrogen) atoms. The maximum atomic E-state index is 12.3. The normalized spacial score (nSPS) is 13.6. The van der Waals surface area contributed by atoms with Gasteiger partial charge >= 0.3 is 19.8 Å². The number of aliphatic hydroxyl groups is 1. The van der Waals surface area contributed by atoms with Crippen molar-refractivity contribution in [2.45, 2.75) is 180 Å². The van der Waals surface area contributed by atoms with Crippen LogP contribution in [-0.2, 0) is 28.2 Å². The average Bonchev–Trinajstić information content (AvgIpc) is 3.07. The van der Waals surface area contributed by atoms with E-state index in [-0.39, 0.29) is 25.6 Å². The summed E-state index contributed by atoms with van der Waals surface area (Å²) >= 11 is 0. The molecule has 9 nitrogen and oxygen atoms in total. The van der Waals surface area contributed by atoms with Gasteiger partial charge in [-0.15, -0.1) is 0 Å². The van der Waals surface area contributed by atoms with Crippen LogP contribution in [0, 0.1) is 0 Å². The smallest absolute Gasteiger partial charge is 0.462 e. The van der Waals surface area contributed by atoms with Gasteiger partial charge in [0.1, 0.15) is 6.61 Å². The quantitative estimate of drug-likeness (QED) is 0.0191. The van der Waals surface area contributed by atoms with Crippen LogP contribution in [-0.4, -0.2) is 52.3 Å². The van der Waals surface area contributed by atoms with Crippen LogP contribution in [0.1, 0.15) is 168 Å². The van der Waals surface area contributed by atoms with Crippen molar-refractivity contribution < 1.29 is 43.0 Å². The molecule has 0 aromatic heterocycles. The minimum Gasteiger partial charge on any atom is -0.462 e. The van der Waals surface area contributed by atoms with Gasteiger partial charge < -0.3 is 24.4 Å². The topological polar surface area (TPSA) is 140 Å². The molecule has 0 saturated heterocycles. The van der Waals surface area contributed by atoms with Crippen molar-refractivity contribution in [3.63, 3.8) is 0 Å². The van der Waals surface area contributed by atoms with Crippen LogP contribution in [0.25, 0.3) is 0 Å². The molecule has 0 unspecified atom stereocenters. The lowest BCUT2D eigenvalue weighted by molar-refractivity contribution is -0.161. The Kier molecular flexibility index (Phi) is 33.9. The Bertz CT molecular complexity index is 970. The van der Waals surface area contributed by atoms with Crippen LogP contribution in [0.2, 0.25) is 0 Å². The van der Waals surface area contributed by atoms with E-state index in [1.807, 2.05) is 36.5 Å². The zero-order valence-electron chi connectivity index (χ0n) is 31.4. The number of hydrogen-bond donors (Lipinski definition) is 3. The Labute approximate surface area is 304 Å². The Morgan fingerprint density at radius 3 is 1.74 bits per heavy atom. The number of hydrogen-bond acceptors (Lipinski definition) is 7. The van der Waals surface area contributed by atoms with E-state index in [0.29, 0.717) is 19.3 Å². The summed E-state index contributed by atoms with van der Waals surface area (Å²) in [5, 5.41) is 9.86. The monoisotopic (exact) mass is 726 g/mol. The molecular weight excluding hydrogens is 655 g/mol. The Morgan fingerprint density at radius 2 is 1.14 bits per heavy atom. The molecule has 0 heterocycles. The highest BCUT2D eigenvalue weighted by atomic mass is 31.2. The summed E-state index contributed by atoms with van der Waals surface area (Å²) in [6.45, 7) is 3.51. The first-order chi connectivity index (χ1) is 24.2. The Balaban J connectivity index is 4.10. The molecule has 0 aliphatic carbocycles. The molecule has 0 radical (unpaired) electrons. The number of carbonyl (C=O) groups is 2. The van der Waals surface area contributed by atoms with Gasteiger partial charge in [-0.3, -0.25) is 14.1 Å². The number of aliphatic hydroxyl groups excluding tert-OH is 1. The zero-order valence-corrected chi connectivity index (χ0v) is 32.3. The Hall–Kier alpha value is -2.03. The molecule has 0 aliphatic heterocycles. The minimum atomic E-state index is -4.78. The van der Waals surface area contributed by atoms with Gasteiger partial charge in [0.25, 0.3) is 0 Å². The van der Waals surface area contributed by atoms with Crippen molar-refractivity contribution in [3.05, 3.63) is 48.6 Å². The summed E-state index contributed by atoms with van der Waals surface area (Å²) in [5.74, 6) is -0.976. The third kappa shape index (κ3) is 37.2. The number of phosphoric ester groups is 1. The van der Waals surface area contributed by atoms with Crippen LogP contribution >= 0.6 is 7.82 Å². The van der Waals surface area contributed by atoms with Crippen molar-refractivity contribution in [3.8, 4) is 0 Å². The van der Waals surface area contributed by atoms with E-state index >= 15 is 0 Å². The first kappa shape index (κ1) is 48.0. The van der Waals surface area contributed by atoms with Crippen LogP contribution < -0.4 is 0 Å². The van der Waals surface area contributed by atoms with E-state index in [0.717, 1.165) is 51.4 Å². The summed E-state index contributed by atoms with van der Waals surface area (Å²) in [6, 6.07) is 0. The second-order valence-corrected chi connectivity index (χ2v) is 14.3. The third-order valence-electron chi connectivity index (χ3n) is 8.20. The molecule has 10 heteroatoms. The molecule has 0 aliphatic rings. The molecule has 0 spiro atoms. The average molecular weight is 727 g/mol. The number of esters is 2. The van der Waals surface area contributed by atoms with Gasteiger partial charge in [-0.25, -0.2) is 4.57 Å². The van der Waals surface area contributed by atoms with Crippen LogP contribution in [0.4, 0.5) is 0 Å². The Morgan fingerprint density at radius 1 is 0.620 bits per heavy atom. The highest BCUT2D eigenvalue weighted by molar-refractivity contribution is 7.46. The van der Waals surface area contributed by atoms with Gasteiger partial charge in [0, 0.05) is 12.8 Å². The first-order valence-corrected chi connectivity index (χ1v) is 21.1. The fourth-order valence-corrected chi connectivity index (χ4v) is 5.60. The molecule has 0 fully saturated rings. The number of ether oxygens (including phenoxy) is 2. The van der Waals surface area contributed by atoms with Gasteiger partial charge in [0.2, 0.25) is 0 Å². The highest BCUT2D eigenvalue weighted by Crippen LogP contribution is 2.36. The molecule has 2 atom stereocenters. The van der Waals surface area contributed by atoms with Gasteiger partial charge in [0.05, 0.1) is 12.7 Å². The third-order valence-corrected chi connectivity index (χ3v) is 8.69. The second kappa shape index (κ2) is 35.4. The van der Waals surface area contributed by atoms with E-state index in [1.54, 1.807) is 0 Å². The zero-order chi connectivity index (χ0) is 37.0. The van der Waals surface area contributed by atoms with E-state index in [2.05, 4.69) is 30.5 Å². The van der Waals surface area contributed by atoms with Crippen molar-refractivity contribution in [1.82, 2.24) is 0 Å². The highest BCUT2D eigenvalue weighted by Gasteiger charge is 2.22. The summed E-state index contributed by atoms with van der Waals surface area (Å²) in [5.41, 5.74) is 0. The van der Waals surface area contributed by atoms with Gasteiger partial charge in [-0.2, -0.15) is 0 Å². The summed E-state index contributed by atoms with van der Waals surface area (Å²) in [6.07, 6.45) is 38.7. The minimum absolute atomic E-state index is 0.116. The molecule has 0 aromatic carbocycles. The maximum Gasteiger partial charge on any atom is 0.469 e. The molecule has 0 bridgehead atoms. The lowest BCUT2D eigenvalue weighted by atomic mass is 10.0. The van der Waals surface area contributed by atoms with Crippen LogP contribution in [0.15, 0.2) is 48.6 Å². The molecular formula is C40H71O9P. The number of phosphoric acid groups is 1. The molecule has 0 saturated carbocycles. The summed E-state index contributed by atoms with van der Waals surface area (Å²) in [4.78, 5) is 42.7. The number of carbonyl (C=O) groups excluding carboxylic acids is 2. The lowest BCUT2D eigenvalue weighted by Gasteiger charge is -2.18. The van der Waals surface area contributed by atoms with E-state index in [4.69, 9.17) is 19.3 Å². The number of unbranched alkanes of at least 4 members (excludes halogenated alkanes) is 16. The molecule has 0 amide bonds. The lowest BCUT2D eigenvalue weighted by Crippen LogP contribution is -2.29. The van der Waals surface area contributed by atoms with E-state index < -0.39 is 32.5 Å². The van der Waals surface area contributed by atoms with Gasteiger partial charge in [-0.05, 0) is 38.5 Å². The molecule has 3 N–H and O–H groups in total. The van der Waals surface area contributed by atoms with Crippen molar-refractivity contribution in [2.24, 2.45) is 0 Å². The standard InChI is InChI=1S/C40H71O9P/c1-3-5-7-8-9-10-11-12-13-16-19-22-25-29-33-39(42)47-35-38(36-48-50(44,45)46)49-40(43)34-30-26-23-20-17-14-15-18-21-24-28-32-37(41)31-27-6-4-2/h14-15,20-21,23-24,28,32,37-38,41H,3-13,16-19,22,25-27,29-31,33-36H2,1-2H3,(H2,44,45,46)/b15-14-,23-20-,24-21-,32-28+/t37-,38+/m0/s1. The summed E-state index contributed by atoms with van der Waals surface area (Å²) in [7, 11) is -4.78. The van der Waals surface area contributed by atoms with Gasteiger partial charge in [0.15, 0.2) is 6.10 Å². The molecule has 290 valence electrons. The molecule has 0 rings (SSSR count). The molecule has 0 aromatic rings. The van der Waals surface area contributed by atoms with Crippen LogP contribution in [0.5, 0.6) is 0 Å². The predicted molar refractivity (Wildman–Crippen MR) is 204 cm³/mol. The maximum absolute atomic E-state index is 12.3.